The number of benzene rings is 1. The molecule has 4 heterocycles. The molecule has 1 saturated heterocycles. The first-order chi connectivity index (χ1) is 17.1. The minimum absolute atomic E-state index is 0.0525. The van der Waals surface area contributed by atoms with Gasteiger partial charge in [0.05, 0.1) is 51.6 Å². The molecular weight excluding hydrogens is 450 g/mol. The number of imidazole rings is 1. The number of nitrogens with zero attached hydrogens (tertiary/aromatic N) is 5. The lowest BCUT2D eigenvalue weighted by Gasteiger charge is -2.26. The van der Waals surface area contributed by atoms with Gasteiger partial charge in [0.15, 0.2) is 11.5 Å². The van der Waals surface area contributed by atoms with Gasteiger partial charge in [0.25, 0.3) is 0 Å². The monoisotopic (exact) mass is 481 g/mol. The highest BCUT2D eigenvalue weighted by Gasteiger charge is 2.28. The van der Waals surface area contributed by atoms with Gasteiger partial charge in [-0.25, -0.2) is 9.97 Å². The second-order valence-corrected chi connectivity index (χ2v) is 8.57. The number of fused-ring (bicyclic) bond motifs is 1. The zero-order valence-electron chi connectivity index (χ0n) is 20.2. The molecule has 2 aliphatic heterocycles. The number of hydrogen-bond acceptors (Lipinski definition) is 10. The predicted molar refractivity (Wildman–Crippen MR) is 131 cm³/mol. The maximum atomic E-state index is 9.80. The van der Waals surface area contributed by atoms with E-state index in [9.17, 15) is 5.11 Å². The van der Waals surface area contributed by atoms with Crippen molar-refractivity contribution in [3.63, 3.8) is 0 Å². The van der Waals surface area contributed by atoms with Crippen LogP contribution in [0.5, 0.6) is 17.2 Å². The maximum absolute atomic E-state index is 9.80. The topological polar surface area (TPSA) is 119 Å². The summed E-state index contributed by atoms with van der Waals surface area (Å²) < 4.78 is 18.3. The molecule has 3 aromatic rings. The fraction of sp³-hybridized carbons (Fsp3) is 0.458. The van der Waals surface area contributed by atoms with Gasteiger partial charge in [-0.3, -0.25) is 0 Å². The Labute approximate surface area is 204 Å². The van der Waals surface area contributed by atoms with Crippen LogP contribution in [0.4, 0.5) is 17.6 Å². The van der Waals surface area contributed by atoms with E-state index in [1.807, 2.05) is 22.9 Å². The molecule has 5 rings (SSSR count). The van der Waals surface area contributed by atoms with Crippen LogP contribution in [-0.4, -0.2) is 71.7 Å². The summed E-state index contributed by atoms with van der Waals surface area (Å²) in [5.41, 5.74) is 2.89. The fourth-order valence-electron chi connectivity index (χ4n) is 4.73. The highest BCUT2D eigenvalue weighted by Crippen LogP contribution is 2.39. The molecule has 1 atom stereocenters. The number of nitrogens with one attached hydrogen (secondary N) is 2. The maximum Gasteiger partial charge on any atom is 0.227 e. The summed E-state index contributed by atoms with van der Waals surface area (Å²) >= 11 is 0. The lowest BCUT2D eigenvalue weighted by atomic mass is 10.1. The third kappa shape index (κ3) is 4.44. The molecule has 3 N–H and O–H groups in total. The number of methoxy groups -OCH3 is 3. The first kappa shape index (κ1) is 23.2. The van der Waals surface area contributed by atoms with Crippen molar-refractivity contribution >= 4 is 17.6 Å². The first-order valence-electron chi connectivity index (χ1n) is 11.7. The second-order valence-electron chi connectivity index (χ2n) is 8.57. The SMILES string of the molecule is COc1cc(-n2cnc(Nc3nc(N4CCC[C@H]4CO)nc4c3CCNC4)c2)cc(OC)c1OC. The van der Waals surface area contributed by atoms with Gasteiger partial charge in [-0.2, -0.15) is 4.98 Å². The first-order valence-corrected chi connectivity index (χ1v) is 11.7. The molecular formula is C24H31N7O4. The minimum Gasteiger partial charge on any atom is -0.493 e. The van der Waals surface area contributed by atoms with Crippen LogP contribution < -0.4 is 29.7 Å². The molecule has 1 fully saturated rings. The largest absolute Gasteiger partial charge is 0.493 e. The van der Waals surface area contributed by atoms with Crippen LogP contribution in [0.25, 0.3) is 5.69 Å². The number of aromatic nitrogens is 4. The zero-order valence-corrected chi connectivity index (χ0v) is 20.2. The minimum atomic E-state index is 0.0525. The summed E-state index contributed by atoms with van der Waals surface area (Å²) in [6, 6.07) is 3.79. The van der Waals surface area contributed by atoms with Gasteiger partial charge >= 0.3 is 0 Å². The van der Waals surface area contributed by atoms with E-state index in [-0.39, 0.29) is 12.6 Å². The van der Waals surface area contributed by atoms with Crippen molar-refractivity contribution in [1.82, 2.24) is 24.8 Å². The Morgan fingerprint density at radius 1 is 1.14 bits per heavy atom. The van der Waals surface area contributed by atoms with Crippen molar-refractivity contribution in [3.8, 4) is 22.9 Å². The van der Waals surface area contributed by atoms with Gasteiger partial charge in [0, 0.05) is 30.8 Å². The average Bonchev–Trinajstić information content (AvgIpc) is 3.57. The van der Waals surface area contributed by atoms with E-state index in [1.165, 1.54) is 0 Å². The lowest BCUT2D eigenvalue weighted by molar-refractivity contribution is 0.265. The van der Waals surface area contributed by atoms with E-state index in [4.69, 9.17) is 24.2 Å². The molecule has 0 saturated carbocycles. The summed E-state index contributed by atoms with van der Waals surface area (Å²) in [5, 5.41) is 16.6. The quantitative estimate of drug-likeness (QED) is 0.441. The van der Waals surface area contributed by atoms with Gasteiger partial charge in [0.2, 0.25) is 11.7 Å². The standard InChI is InChI=1S/C24H31N7O4/c1-33-19-9-16(10-20(34-2)22(19)35-3)30-12-21(26-14-30)28-23-17-6-7-25-11-18(17)27-24(29-23)31-8-4-5-15(31)13-32/h9-10,12,14-15,25,32H,4-8,11,13H2,1-3H3,(H,27,28,29)/t15-/m0/s1. The summed E-state index contributed by atoms with van der Waals surface area (Å²) in [6.07, 6.45) is 6.40. The summed E-state index contributed by atoms with van der Waals surface area (Å²) in [5.74, 6) is 3.73. The zero-order chi connectivity index (χ0) is 24.4. The van der Waals surface area contributed by atoms with Gasteiger partial charge < -0.3 is 39.4 Å². The molecule has 0 amide bonds. The van der Waals surface area contributed by atoms with Crippen LogP contribution in [0.15, 0.2) is 24.7 Å². The van der Waals surface area contributed by atoms with E-state index < -0.39 is 0 Å². The molecule has 0 aliphatic carbocycles. The van der Waals surface area contributed by atoms with E-state index in [2.05, 4.69) is 20.5 Å². The number of hydrogen-bond donors (Lipinski definition) is 3. The molecule has 0 unspecified atom stereocenters. The predicted octanol–water partition coefficient (Wildman–Crippen LogP) is 2.04. The molecule has 0 spiro atoms. The van der Waals surface area contributed by atoms with Crippen LogP contribution in [0.3, 0.4) is 0 Å². The third-order valence-corrected chi connectivity index (χ3v) is 6.55. The molecule has 11 heteroatoms. The van der Waals surface area contributed by atoms with Gasteiger partial charge in [0.1, 0.15) is 18.0 Å². The Balaban J connectivity index is 1.47. The molecule has 2 aromatic heterocycles. The fourth-order valence-corrected chi connectivity index (χ4v) is 4.73. The van der Waals surface area contributed by atoms with Gasteiger partial charge in [-0.15, -0.1) is 0 Å². The molecule has 0 bridgehead atoms. The van der Waals surface area contributed by atoms with Crippen LogP contribution in [0, 0.1) is 0 Å². The van der Waals surface area contributed by atoms with Gasteiger partial charge in [-0.1, -0.05) is 0 Å². The van der Waals surface area contributed by atoms with Crippen molar-refractivity contribution in [2.75, 3.05) is 51.2 Å². The van der Waals surface area contributed by atoms with E-state index in [0.29, 0.717) is 35.6 Å². The highest BCUT2D eigenvalue weighted by molar-refractivity contribution is 5.62. The molecule has 2 aliphatic rings. The van der Waals surface area contributed by atoms with E-state index in [1.54, 1.807) is 27.7 Å². The molecule has 1 aromatic carbocycles. The second kappa shape index (κ2) is 9.96. The number of aliphatic hydroxyl groups is 1. The number of rotatable bonds is 8. The molecule has 35 heavy (non-hydrogen) atoms. The van der Waals surface area contributed by atoms with Crippen molar-refractivity contribution in [1.29, 1.82) is 0 Å². The summed E-state index contributed by atoms with van der Waals surface area (Å²) in [4.78, 5) is 16.4. The smallest absolute Gasteiger partial charge is 0.227 e. The Bertz CT molecular complexity index is 1170. The summed E-state index contributed by atoms with van der Waals surface area (Å²) in [7, 11) is 4.76. The number of ether oxygens (including phenoxy) is 3. The van der Waals surface area contributed by atoms with Crippen molar-refractivity contribution in [2.45, 2.75) is 31.8 Å². The van der Waals surface area contributed by atoms with Crippen LogP contribution in [0.1, 0.15) is 24.1 Å². The Morgan fingerprint density at radius 3 is 2.66 bits per heavy atom. The van der Waals surface area contributed by atoms with Crippen LogP contribution in [-0.2, 0) is 13.0 Å². The summed E-state index contributed by atoms with van der Waals surface area (Å²) in [6.45, 7) is 2.50. The highest BCUT2D eigenvalue weighted by atomic mass is 16.5. The van der Waals surface area contributed by atoms with Crippen molar-refractivity contribution in [3.05, 3.63) is 35.9 Å². The van der Waals surface area contributed by atoms with Crippen LogP contribution >= 0.6 is 0 Å². The van der Waals surface area contributed by atoms with Crippen LogP contribution in [0.2, 0.25) is 0 Å². The van der Waals surface area contributed by atoms with Gasteiger partial charge in [-0.05, 0) is 25.8 Å². The lowest BCUT2D eigenvalue weighted by Crippen LogP contribution is -2.35. The van der Waals surface area contributed by atoms with Crippen molar-refractivity contribution in [2.24, 2.45) is 0 Å². The van der Waals surface area contributed by atoms with Crippen molar-refractivity contribution < 1.29 is 19.3 Å². The Kier molecular flexibility index (Phi) is 6.60. The molecule has 0 radical (unpaired) electrons. The van der Waals surface area contributed by atoms with E-state index in [0.717, 1.165) is 55.1 Å². The average molecular weight is 482 g/mol. The normalized spacial score (nSPS) is 17.3. The molecule has 11 nitrogen and oxygen atoms in total. The van der Waals surface area contributed by atoms with E-state index >= 15 is 0 Å². The Hall–Kier alpha value is -3.57. The Morgan fingerprint density at radius 2 is 1.94 bits per heavy atom. The number of anilines is 3. The number of aliphatic hydroxyl groups excluding tert-OH is 1. The third-order valence-electron chi connectivity index (χ3n) is 6.55. The molecule has 186 valence electrons.